The van der Waals surface area contributed by atoms with Crippen molar-refractivity contribution in [3.63, 3.8) is 0 Å². The first kappa shape index (κ1) is 15.6. The monoisotopic (exact) mass is 328 g/mol. The van der Waals surface area contributed by atoms with Crippen LogP contribution in [0.2, 0.25) is 0 Å². The predicted octanol–water partition coefficient (Wildman–Crippen LogP) is 3.74. The van der Waals surface area contributed by atoms with Gasteiger partial charge >= 0.3 is 0 Å². The Kier molecular flexibility index (Phi) is 4.27. The van der Waals surface area contributed by atoms with E-state index in [2.05, 4.69) is 4.98 Å². The van der Waals surface area contributed by atoms with Gasteiger partial charge in [0.25, 0.3) is 5.91 Å². The van der Waals surface area contributed by atoms with E-state index in [1.54, 1.807) is 4.90 Å². The average molecular weight is 328 g/mol. The van der Waals surface area contributed by atoms with E-state index in [4.69, 9.17) is 9.15 Å². The van der Waals surface area contributed by atoms with E-state index >= 15 is 0 Å². The molecule has 1 aliphatic carbocycles. The van der Waals surface area contributed by atoms with Crippen LogP contribution in [0.25, 0.3) is 11.1 Å². The van der Waals surface area contributed by atoms with Crippen molar-refractivity contribution in [2.45, 2.75) is 50.5 Å². The summed E-state index contributed by atoms with van der Waals surface area (Å²) in [5.41, 5.74) is 2.22. The molecule has 1 saturated carbocycles. The third-order valence-corrected chi connectivity index (χ3v) is 5.38. The first-order valence-electron chi connectivity index (χ1n) is 8.98. The van der Waals surface area contributed by atoms with E-state index in [9.17, 15) is 4.79 Å². The van der Waals surface area contributed by atoms with Crippen LogP contribution >= 0.6 is 0 Å². The Hall–Kier alpha value is -1.88. The number of likely N-dealkylation sites (N-methyl/N-ethyl adjacent to an activating group) is 1. The van der Waals surface area contributed by atoms with Crippen molar-refractivity contribution in [2.24, 2.45) is 0 Å². The lowest BCUT2D eigenvalue weighted by Crippen LogP contribution is -2.37. The van der Waals surface area contributed by atoms with Gasteiger partial charge in [0.05, 0.1) is 12.6 Å². The number of benzene rings is 1. The summed E-state index contributed by atoms with van der Waals surface area (Å²) in [5.74, 6) is 1.29. The van der Waals surface area contributed by atoms with Crippen LogP contribution in [0.3, 0.4) is 0 Å². The zero-order valence-electron chi connectivity index (χ0n) is 14.2. The second-order valence-corrected chi connectivity index (χ2v) is 7.00. The SMILES string of the molecule is CN(C(=O)c1ccc2nc(C3CCCCC3)oc2c1)C1CCOC1. The molecule has 2 aliphatic rings. The molecule has 1 aliphatic heterocycles. The number of ether oxygens (including phenoxy) is 1. The third kappa shape index (κ3) is 2.93. The molecule has 5 heteroatoms. The molecule has 0 radical (unpaired) electrons. The van der Waals surface area contributed by atoms with E-state index in [1.807, 2.05) is 25.2 Å². The Morgan fingerprint density at radius 1 is 1.21 bits per heavy atom. The second-order valence-electron chi connectivity index (χ2n) is 7.00. The van der Waals surface area contributed by atoms with Gasteiger partial charge < -0.3 is 14.1 Å². The lowest BCUT2D eigenvalue weighted by Gasteiger charge is -2.23. The van der Waals surface area contributed by atoms with E-state index in [1.165, 1.54) is 19.3 Å². The molecule has 0 bridgehead atoms. The fraction of sp³-hybridized carbons (Fsp3) is 0.579. The third-order valence-electron chi connectivity index (χ3n) is 5.38. The van der Waals surface area contributed by atoms with Crippen LogP contribution in [0.1, 0.15) is 60.7 Å². The maximum absolute atomic E-state index is 12.7. The summed E-state index contributed by atoms with van der Waals surface area (Å²) in [4.78, 5) is 19.1. The molecule has 2 fully saturated rings. The number of hydrogen-bond acceptors (Lipinski definition) is 4. The Morgan fingerprint density at radius 2 is 2.04 bits per heavy atom. The number of carbonyl (C=O) groups is 1. The van der Waals surface area contributed by atoms with Gasteiger partial charge in [0.15, 0.2) is 11.5 Å². The summed E-state index contributed by atoms with van der Waals surface area (Å²) in [6.07, 6.45) is 7.03. The summed E-state index contributed by atoms with van der Waals surface area (Å²) < 4.78 is 11.4. The standard InChI is InChI=1S/C19H24N2O3/c1-21(15-9-10-23-12-15)19(22)14-7-8-16-17(11-14)24-18(20-16)13-5-3-2-4-6-13/h7-8,11,13,15H,2-6,9-10,12H2,1H3. The van der Waals surface area contributed by atoms with Gasteiger partial charge in [-0.15, -0.1) is 0 Å². The number of amides is 1. The zero-order valence-corrected chi connectivity index (χ0v) is 14.2. The molecule has 5 nitrogen and oxygen atoms in total. The molecule has 1 amide bonds. The van der Waals surface area contributed by atoms with Gasteiger partial charge in [-0.25, -0.2) is 4.98 Å². The molecule has 1 aromatic heterocycles. The smallest absolute Gasteiger partial charge is 0.254 e. The van der Waals surface area contributed by atoms with Gasteiger partial charge in [0, 0.05) is 25.1 Å². The average Bonchev–Trinajstić information content (AvgIpc) is 3.30. The van der Waals surface area contributed by atoms with Crippen LogP contribution in [-0.4, -0.2) is 42.1 Å². The van der Waals surface area contributed by atoms with Crippen molar-refractivity contribution in [1.82, 2.24) is 9.88 Å². The number of rotatable bonds is 3. The summed E-state index contributed by atoms with van der Waals surface area (Å²) in [5, 5.41) is 0. The molecular weight excluding hydrogens is 304 g/mol. The van der Waals surface area contributed by atoms with Crippen LogP contribution in [-0.2, 0) is 4.74 Å². The first-order chi connectivity index (χ1) is 11.7. The van der Waals surface area contributed by atoms with Crippen molar-refractivity contribution < 1.29 is 13.9 Å². The molecular formula is C19H24N2O3. The molecule has 1 atom stereocenters. The van der Waals surface area contributed by atoms with E-state index in [0.29, 0.717) is 18.1 Å². The molecule has 0 spiro atoms. The van der Waals surface area contributed by atoms with Gasteiger partial charge in [-0.05, 0) is 37.5 Å². The molecule has 1 aromatic carbocycles. The number of oxazole rings is 1. The minimum absolute atomic E-state index is 0.0167. The Balaban J connectivity index is 1.57. The molecule has 1 unspecified atom stereocenters. The highest BCUT2D eigenvalue weighted by atomic mass is 16.5. The molecule has 2 aromatic rings. The maximum atomic E-state index is 12.7. The van der Waals surface area contributed by atoms with Crippen LogP contribution in [0.4, 0.5) is 0 Å². The number of nitrogens with zero attached hydrogens (tertiary/aromatic N) is 2. The summed E-state index contributed by atoms with van der Waals surface area (Å²) in [7, 11) is 1.85. The quantitative estimate of drug-likeness (QED) is 0.861. The van der Waals surface area contributed by atoms with Gasteiger partial charge in [0.1, 0.15) is 5.52 Å². The van der Waals surface area contributed by atoms with Crippen LogP contribution < -0.4 is 0 Å². The predicted molar refractivity (Wildman–Crippen MR) is 91.2 cm³/mol. The Bertz CT molecular complexity index is 727. The van der Waals surface area contributed by atoms with Crippen LogP contribution in [0, 0.1) is 0 Å². The fourth-order valence-electron chi connectivity index (χ4n) is 3.80. The first-order valence-corrected chi connectivity index (χ1v) is 8.98. The molecule has 4 rings (SSSR count). The highest BCUT2D eigenvalue weighted by Gasteiger charge is 2.26. The van der Waals surface area contributed by atoms with Crippen molar-refractivity contribution in [1.29, 1.82) is 0 Å². The lowest BCUT2D eigenvalue weighted by atomic mass is 9.89. The van der Waals surface area contributed by atoms with Gasteiger partial charge in [0.2, 0.25) is 0 Å². The van der Waals surface area contributed by atoms with Crippen molar-refractivity contribution in [3.8, 4) is 0 Å². The van der Waals surface area contributed by atoms with Gasteiger partial charge in [-0.3, -0.25) is 4.79 Å². The summed E-state index contributed by atoms with van der Waals surface area (Å²) >= 11 is 0. The van der Waals surface area contributed by atoms with E-state index in [-0.39, 0.29) is 11.9 Å². The fourth-order valence-corrected chi connectivity index (χ4v) is 3.80. The Labute approximate surface area is 142 Å². The molecule has 1 saturated heterocycles. The zero-order chi connectivity index (χ0) is 16.5. The highest BCUT2D eigenvalue weighted by Crippen LogP contribution is 2.34. The number of fused-ring (bicyclic) bond motifs is 1. The second kappa shape index (κ2) is 6.55. The van der Waals surface area contributed by atoms with Gasteiger partial charge in [-0.1, -0.05) is 19.3 Å². The van der Waals surface area contributed by atoms with E-state index in [0.717, 1.165) is 42.9 Å². The summed E-state index contributed by atoms with van der Waals surface area (Å²) in [6.45, 7) is 1.35. The van der Waals surface area contributed by atoms with Crippen LogP contribution in [0.15, 0.2) is 22.6 Å². The topological polar surface area (TPSA) is 55.6 Å². The van der Waals surface area contributed by atoms with Crippen LogP contribution in [0.5, 0.6) is 0 Å². The number of carbonyl (C=O) groups excluding carboxylic acids is 1. The minimum Gasteiger partial charge on any atom is -0.440 e. The van der Waals surface area contributed by atoms with E-state index < -0.39 is 0 Å². The molecule has 2 heterocycles. The molecule has 128 valence electrons. The maximum Gasteiger partial charge on any atom is 0.254 e. The van der Waals surface area contributed by atoms with Crippen molar-refractivity contribution in [3.05, 3.63) is 29.7 Å². The summed E-state index contributed by atoms with van der Waals surface area (Å²) in [6, 6.07) is 5.76. The number of aromatic nitrogens is 1. The van der Waals surface area contributed by atoms with Gasteiger partial charge in [-0.2, -0.15) is 0 Å². The molecule has 24 heavy (non-hydrogen) atoms. The Morgan fingerprint density at radius 3 is 2.79 bits per heavy atom. The number of hydrogen-bond donors (Lipinski definition) is 0. The normalized spacial score (nSPS) is 22.1. The van der Waals surface area contributed by atoms with Crippen molar-refractivity contribution in [2.75, 3.05) is 20.3 Å². The van der Waals surface area contributed by atoms with Crippen molar-refractivity contribution >= 4 is 17.0 Å². The highest BCUT2D eigenvalue weighted by molar-refractivity contribution is 5.97. The largest absolute Gasteiger partial charge is 0.440 e. The lowest BCUT2D eigenvalue weighted by molar-refractivity contribution is 0.0711. The molecule has 0 N–H and O–H groups in total. The minimum atomic E-state index is 0.0167.